The molecule has 9 heteroatoms. The maximum Gasteiger partial charge on any atom is 0.283 e. The summed E-state index contributed by atoms with van der Waals surface area (Å²) >= 11 is 1.30. The lowest BCUT2D eigenvalue weighted by Gasteiger charge is -2.20. The predicted octanol–water partition coefficient (Wildman–Crippen LogP) is 5.70. The van der Waals surface area contributed by atoms with Crippen LogP contribution in [0.25, 0.3) is 17.0 Å². The minimum Gasteiger partial charge on any atom is -0.493 e. The van der Waals surface area contributed by atoms with E-state index < -0.39 is 5.91 Å². The summed E-state index contributed by atoms with van der Waals surface area (Å²) in [6, 6.07) is 23.5. The van der Waals surface area contributed by atoms with Crippen molar-refractivity contribution in [1.29, 1.82) is 5.41 Å². The van der Waals surface area contributed by atoms with Crippen LogP contribution in [0, 0.1) is 12.3 Å². The van der Waals surface area contributed by atoms with Gasteiger partial charge in [0, 0.05) is 28.2 Å². The van der Waals surface area contributed by atoms with Crippen LogP contribution in [0.1, 0.15) is 16.7 Å². The van der Waals surface area contributed by atoms with Gasteiger partial charge in [0.05, 0.1) is 19.2 Å². The molecular formula is C30H25N5O3S. The Kier molecular flexibility index (Phi) is 6.50. The minimum atomic E-state index is -0.449. The van der Waals surface area contributed by atoms with Gasteiger partial charge >= 0.3 is 0 Å². The molecule has 0 fully saturated rings. The largest absolute Gasteiger partial charge is 0.493 e. The molecule has 3 aromatic carbocycles. The van der Waals surface area contributed by atoms with Gasteiger partial charge in [0.2, 0.25) is 5.17 Å². The highest BCUT2D eigenvalue weighted by molar-refractivity contribution is 8.27. The van der Waals surface area contributed by atoms with Crippen molar-refractivity contribution in [3.05, 3.63) is 101 Å². The zero-order valence-corrected chi connectivity index (χ0v) is 22.2. The number of hydrogen-bond acceptors (Lipinski definition) is 6. The van der Waals surface area contributed by atoms with Crippen LogP contribution in [-0.2, 0) is 11.3 Å². The summed E-state index contributed by atoms with van der Waals surface area (Å²) in [5.74, 6) is 0.928. The third-order valence-corrected chi connectivity index (χ3v) is 7.49. The summed E-state index contributed by atoms with van der Waals surface area (Å²) in [4.78, 5) is 17.3. The number of thioether (sulfide) groups is 1. The van der Waals surface area contributed by atoms with E-state index in [4.69, 9.17) is 14.9 Å². The number of ether oxygens (including phenoxy) is 2. The first-order chi connectivity index (χ1) is 19.0. The van der Waals surface area contributed by atoms with E-state index in [9.17, 15) is 4.79 Å². The van der Waals surface area contributed by atoms with Crippen LogP contribution in [0.2, 0.25) is 0 Å². The monoisotopic (exact) mass is 535 g/mol. The number of nitrogens with zero attached hydrogens (tertiary/aromatic N) is 4. The molecule has 2 aliphatic rings. The Morgan fingerprint density at radius 3 is 2.54 bits per heavy atom. The Bertz CT molecular complexity index is 1700. The summed E-state index contributed by atoms with van der Waals surface area (Å²) in [5.41, 5.74) is 4.09. The van der Waals surface area contributed by atoms with Gasteiger partial charge in [0.1, 0.15) is 11.7 Å². The van der Waals surface area contributed by atoms with Crippen molar-refractivity contribution in [2.75, 3.05) is 13.7 Å². The fourth-order valence-corrected chi connectivity index (χ4v) is 5.42. The van der Waals surface area contributed by atoms with Crippen molar-refractivity contribution >= 4 is 50.7 Å². The average Bonchev–Trinajstić information content (AvgIpc) is 3.53. The minimum absolute atomic E-state index is 0.0101. The predicted molar refractivity (Wildman–Crippen MR) is 156 cm³/mol. The van der Waals surface area contributed by atoms with Gasteiger partial charge in [-0.3, -0.25) is 10.2 Å². The third kappa shape index (κ3) is 4.72. The number of methoxy groups -OCH3 is 1. The smallest absolute Gasteiger partial charge is 0.283 e. The highest BCUT2D eigenvalue weighted by atomic mass is 32.2. The van der Waals surface area contributed by atoms with Gasteiger partial charge < -0.3 is 14.0 Å². The van der Waals surface area contributed by atoms with Crippen LogP contribution < -0.4 is 9.47 Å². The second-order valence-electron chi connectivity index (χ2n) is 9.09. The number of nitrogens with one attached hydrogen (secondary N) is 1. The molecule has 0 saturated carbocycles. The van der Waals surface area contributed by atoms with Crippen LogP contribution >= 0.6 is 11.8 Å². The van der Waals surface area contributed by atoms with Crippen molar-refractivity contribution in [2.24, 2.45) is 10.1 Å². The molecule has 3 heterocycles. The number of carbonyl (C=O) groups is 1. The van der Waals surface area contributed by atoms with Gasteiger partial charge in [0.25, 0.3) is 5.91 Å². The molecule has 0 unspecified atom stereocenters. The summed E-state index contributed by atoms with van der Waals surface area (Å²) in [6.07, 6.45) is 3.71. The van der Waals surface area contributed by atoms with E-state index >= 15 is 0 Å². The maximum atomic E-state index is 13.0. The fraction of sp³-hybridized carbons (Fsp3) is 0.133. The number of fused-ring (bicyclic) bond motifs is 2. The summed E-state index contributed by atoms with van der Waals surface area (Å²) < 4.78 is 13.4. The molecule has 194 valence electrons. The van der Waals surface area contributed by atoms with Crippen LogP contribution in [0.5, 0.6) is 11.5 Å². The van der Waals surface area contributed by atoms with Crippen molar-refractivity contribution in [3.63, 3.8) is 0 Å². The molecule has 6 rings (SSSR count). The van der Waals surface area contributed by atoms with E-state index in [1.54, 1.807) is 13.2 Å². The number of benzene rings is 3. The normalized spacial score (nSPS) is 15.9. The summed E-state index contributed by atoms with van der Waals surface area (Å²) in [6.45, 7) is 3.04. The highest BCUT2D eigenvalue weighted by Crippen LogP contribution is 2.32. The Morgan fingerprint density at radius 2 is 1.74 bits per heavy atom. The zero-order valence-electron chi connectivity index (χ0n) is 21.4. The lowest BCUT2D eigenvalue weighted by Crippen LogP contribution is -2.35. The van der Waals surface area contributed by atoms with Crippen LogP contribution in [0.15, 0.2) is 94.7 Å². The van der Waals surface area contributed by atoms with Crippen LogP contribution in [0.4, 0.5) is 0 Å². The number of rotatable bonds is 7. The Morgan fingerprint density at radius 1 is 1.00 bits per heavy atom. The number of hydrazone groups is 1. The summed E-state index contributed by atoms with van der Waals surface area (Å²) in [7, 11) is 1.62. The van der Waals surface area contributed by atoms with Crippen LogP contribution in [0.3, 0.4) is 0 Å². The number of amides is 1. The Hall–Kier alpha value is -4.63. The van der Waals surface area contributed by atoms with Crippen molar-refractivity contribution in [3.8, 4) is 11.5 Å². The molecule has 0 saturated heterocycles. The topological polar surface area (TPSA) is 92.3 Å². The maximum absolute atomic E-state index is 13.0. The third-order valence-electron chi connectivity index (χ3n) is 6.53. The van der Waals surface area contributed by atoms with E-state index in [0.717, 1.165) is 27.6 Å². The van der Waals surface area contributed by atoms with Gasteiger partial charge in [-0.25, -0.2) is 0 Å². The lowest BCUT2D eigenvalue weighted by molar-refractivity contribution is -0.114. The number of aromatic nitrogens is 1. The Labute approximate surface area is 229 Å². The van der Waals surface area contributed by atoms with Crippen molar-refractivity contribution < 1.29 is 14.3 Å². The Balaban J connectivity index is 1.27. The fourth-order valence-electron chi connectivity index (χ4n) is 4.53. The van der Waals surface area contributed by atoms with Crippen molar-refractivity contribution in [1.82, 2.24) is 9.58 Å². The average molecular weight is 536 g/mol. The SMILES string of the molecule is COc1ccccc1OCCn1cc(/C=C2\C(=N)N3N=C(c4ccc(C)cc4)SC3=NC2=O)c2ccccc21. The molecule has 39 heavy (non-hydrogen) atoms. The number of aliphatic imine (C=N–C) groups is 1. The van der Waals surface area contributed by atoms with Gasteiger partial charge in [-0.15, -0.1) is 0 Å². The number of para-hydroxylation sites is 3. The number of hydrogen-bond donors (Lipinski definition) is 1. The van der Waals surface area contributed by atoms with Gasteiger partial charge in [-0.05, 0) is 43.0 Å². The molecule has 8 nitrogen and oxygen atoms in total. The molecule has 4 aromatic rings. The molecule has 1 aromatic heterocycles. The van der Waals surface area contributed by atoms with Gasteiger partial charge in [-0.1, -0.05) is 60.2 Å². The number of amidine groups is 2. The second kappa shape index (κ2) is 10.3. The first kappa shape index (κ1) is 24.7. The standard InChI is InChI=1S/C30H25N5O3S/c1-19-11-13-20(14-12-19)29-33-35-27(31)23(28(36)32-30(35)39-29)17-21-18-34(24-8-4-3-7-22(21)24)15-16-38-26-10-6-5-9-25(26)37-2/h3-14,17-18,31H,15-16H2,1-2H3/b23-17+,31-27?. The second-order valence-corrected chi connectivity index (χ2v) is 10.0. The molecule has 1 N–H and O–H groups in total. The summed E-state index contributed by atoms with van der Waals surface area (Å²) in [5, 5.41) is 16.9. The first-order valence-electron chi connectivity index (χ1n) is 12.4. The molecular weight excluding hydrogens is 510 g/mol. The van der Waals surface area contributed by atoms with Gasteiger partial charge in [-0.2, -0.15) is 15.1 Å². The van der Waals surface area contributed by atoms with Gasteiger partial charge in [0.15, 0.2) is 17.3 Å². The molecule has 2 aliphatic heterocycles. The van der Waals surface area contributed by atoms with E-state index in [0.29, 0.717) is 34.9 Å². The highest BCUT2D eigenvalue weighted by Gasteiger charge is 2.36. The van der Waals surface area contributed by atoms with E-state index in [1.165, 1.54) is 16.8 Å². The molecule has 0 atom stereocenters. The number of carbonyl (C=O) groups excluding carboxylic acids is 1. The molecule has 0 aliphatic carbocycles. The quantitative estimate of drug-likeness (QED) is 0.306. The molecule has 0 spiro atoms. The van der Waals surface area contributed by atoms with Crippen LogP contribution in [-0.4, -0.2) is 45.2 Å². The first-order valence-corrected chi connectivity index (χ1v) is 13.2. The lowest BCUT2D eigenvalue weighted by atomic mass is 10.1. The number of aryl methyl sites for hydroxylation is 1. The zero-order chi connectivity index (χ0) is 26.9. The molecule has 1 amide bonds. The van der Waals surface area contributed by atoms with E-state index in [2.05, 4.69) is 14.7 Å². The van der Waals surface area contributed by atoms with Crippen molar-refractivity contribution in [2.45, 2.75) is 13.5 Å². The van der Waals surface area contributed by atoms with E-state index in [1.807, 2.05) is 85.9 Å². The molecule has 0 bridgehead atoms. The van der Waals surface area contributed by atoms with E-state index in [-0.39, 0.29) is 11.4 Å². The molecule has 0 radical (unpaired) electrons.